The molecule has 1 heterocycles. The van der Waals surface area contributed by atoms with Gasteiger partial charge in [0.25, 0.3) is 0 Å². The molecule has 0 bridgehead atoms. The highest BCUT2D eigenvalue weighted by Gasteiger charge is 2.21. The summed E-state index contributed by atoms with van der Waals surface area (Å²) in [5, 5.41) is 3.98. The molecule has 6 heteroatoms. The second kappa shape index (κ2) is 6.99. The second-order valence-electron chi connectivity index (χ2n) is 5.81. The Balaban J connectivity index is 1.87. The summed E-state index contributed by atoms with van der Waals surface area (Å²) in [5.74, 6) is 0.838. The Labute approximate surface area is 142 Å². The highest BCUT2D eigenvalue weighted by molar-refractivity contribution is 9.10. The SMILES string of the molecule is CCc1nn(C(F)F)cc1Cc1cc(Br)ccc1OC1CCC1. The van der Waals surface area contributed by atoms with Crippen molar-refractivity contribution >= 4 is 15.9 Å². The standard InChI is InChI=1S/C17H19BrF2N2O/c1-2-15-12(10-22(21-15)17(19)20)8-11-9-13(18)6-7-16(11)23-14-4-3-5-14/h6-7,9-10,14,17H,2-5,8H2,1H3. The van der Waals surface area contributed by atoms with Gasteiger partial charge in [-0.3, -0.25) is 0 Å². The summed E-state index contributed by atoms with van der Waals surface area (Å²) in [4.78, 5) is 0. The Kier molecular flexibility index (Phi) is 4.99. The van der Waals surface area contributed by atoms with Crippen LogP contribution < -0.4 is 4.74 Å². The van der Waals surface area contributed by atoms with E-state index in [0.29, 0.717) is 18.5 Å². The van der Waals surface area contributed by atoms with Gasteiger partial charge in [-0.25, -0.2) is 4.68 Å². The van der Waals surface area contributed by atoms with E-state index in [4.69, 9.17) is 4.74 Å². The van der Waals surface area contributed by atoms with E-state index in [1.807, 2.05) is 25.1 Å². The zero-order valence-electron chi connectivity index (χ0n) is 12.9. The molecule has 0 atom stereocenters. The topological polar surface area (TPSA) is 27.1 Å². The molecule has 3 nitrogen and oxygen atoms in total. The Bertz CT molecular complexity index is 683. The number of nitrogens with zero attached hydrogens (tertiary/aromatic N) is 2. The molecule has 1 fully saturated rings. The minimum atomic E-state index is -2.61. The summed E-state index contributed by atoms with van der Waals surface area (Å²) in [6, 6.07) is 5.88. The lowest BCUT2D eigenvalue weighted by atomic mass is 9.96. The van der Waals surface area contributed by atoms with Crippen LogP contribution in [0.2, 0.25) is 0 Å². The van der Waals surface area contributed by atoms with Gasteiger partial charge in [-0.2, -0.15) is 13.9 Å². The van der Waals surface area contributed by atoms with Crippen molar-refractivity contribution in [2.45, 2.75) is 51.7 Å². The molecule has 1 aliphatic rings. The smallest absolute Gasteiger partial charge is 0.333 e. The average Bonchev–Trinajstić information content (AvgIpc) is 2.88. The quantitative estimate of drug-likeness (QED) is 0.690. The number of benzene rings is 1. The number of rotatable bonds is 6. The van der Waals surface area contributed by atoms with Crippen LogP contribution in [0.1, 0.15) is 49.6 Å². The zero-order valence-corrected chi connectivity index (χ0v) is 14.5. The first-order chi connectivity index (χ1) is 11.1. The first-order valence-electron chi connectivity index (χ1n) is 7.87. The fraction of sp³-hybridized carbons (Fsp3) is 0.471. The van der Waals surface area contributed by atoms with Crippen molar-refractivity contribution in [3.63, 3.8) is 0 Å². The van der Waals surface area contributed by atoms with Crippen molar-refractivity contribution in [2.75, 3.05) is 0 Å². The zero-order chi connectivity index (χ0) is 16.4. The number of aromatic nitrogens is 2. The first-order valence-corrected chi connectivity index (χ1v) is 8.66. The van der Waals surface area contributed by atoms with Gasteiger partial charge in [-0.05, 0) is 55.0 Å². The summed E-state index contributed by atoms with van der Waals surface area (Å²) in [7, 11) is 0. The molecule has 2 aromatic rings. The van der Waals surface area contributed by atoms with E-state index in [9.17, 15) is 8.78 Å². The molecule has 0 spiro atoms. The van der Waals surface area contributed by atoms with Crippen molar-refractivity contribution < 1.29 is 13.5 Å². The van der Waals surface area contributed by atoms with E-state index in [-0.39, 0.29) is 6.10 Å². The molecule has 1 aromatic carbocycles. The maximum atomic E-state index is 12.9. The molecule has 0 saturated heterocycles. The third-order valence-corrected chi connectivity index (χ3v) is 4.67. The van der Waals surface area contributed by atoms with Crippen LogP contribution in [-0.4, -0.2) is 15.9 Å². The molecule has 0 amide bonds. The number of halogens is 3. The van der Waals surface area contributed by atoms with E-state index in [1.54, 1.807) is 0 Å². The molecule has 0 radical (unpaired) electrons. The summed E-state index contributed by atoms with van der Waals surface area (Å²) >= 11 is 3.47. The van der Waals surface area contributed by atoms with Gasteiger partial charge in [0.05, 0.1) is 11.8 Å². The molecule has 0 aliphatic heterocycles. The van der Waals surface area contributed by atoms with Crippen LogP contribution in [-0.2, 0) is 12.8 Å². The highest BCUT2D eigenvalue weighted by Crippen LogP contribution is 2.31. The van der Waals surface area contributed by atoms with Gasteiger partial charge in [0.15, 0.2) is 0 Å². The fourth-order valence-electron chi connectivity index (χ4n) is 2.69. The normalized spacial score (nSPS) is 15.0. The van der Waals surface area contributed by atoms with Crippen LogP contribution in [0.15, 0.2) is 28.9 Å². The Morgan fingerprint density at radius 1 is 1.35 bits per heavy atom. The van der Waals surface area contributed by atoms with Crippen molar-refractivity contribution in [1.82, 2.24) is 9.78 Å². The molecule has 1 aliphatic carbocycles. The van der Waals surface area contributed by atoms with E-state index < -0.39 is 6.55 Å². The van der Waals surface area contributed by atoms with Crippen molar-refractivity contribution in [3.8, 4) is 5.75 Å². The van der Waals surface area contributed by atoms with Crippen LogP contribution in [0.3, 0.4) is 0 Å². The van der Waals surface area contributed by atoms with Crippen LogP contribution in [0.4, 0.5) is 8.78 Å². The lowest BCUT2D eigenvalue weighted by molar-refractivity contribution is 0.0561. The van der Waals surface area contributed by atoms with Crippen LogP contribution >= 0.6 is 15.9 Å². The largest absolute Gasteiger partial charge is 0.490 e. The predicted molar refractivity (Wildman–Crippen MR) is 88.1 cm³/mol. The molecule has 3 rings (SSSR count). The summed E-state index contributed by atoms with van der Waals surface area (Å²) in [5.41, 5.74) is 2.53. The fourth-order valence-corrected chi connectivity index (χ4v) is 3.10. The third-order valence-electron chi connectivity index (χ3n) is 4.18. The molecular formula is C17H19BrF2N2O. The maximum absolute atomic E-state index is 12.9. The molecule has 1 aromatic heterocycles. The lowest BCUT2D eigenvalue weighted by Gasteiger charge is -2.27. The van der Waals surface area contributed by atoms with Gasteiger partial charge < -0.3 is 4.74 Å². The van der Waals surface area contributed by atoms with Gasteiger partial charge in [0.1, 0.15) is 5.75 Å². The van der Waals surface area contributed by atoms with Crippen LogP contribution in [0.25, 0.3) is 0 Å². The highest BCUT2D eigenvalue weighted by atomic mass is 79.9. The Hall–Kier alpha value is -1.43. The van der Waals surface area contributed by atoms with E-state index in [1.165, 1.54) is 12.6 Å². The molecule has 0 unspecified atom stereocenters. The molecule has 23 heavy (non-hydrogen) atoms. The molecule has 124 valence electrons. The summed E-state index contributed by atoms with van der Waals surface area (Å²) in [6.07, 6.45) is 6.26. The number of ether oxygens (including phenoxy) is 1. The Morgan fingerprint density at radius 2 is 2.13 bits per heavy atom. The average molecular weight is 385 g/mol. The number of hydrogen-bond donors (Lipinski definition) is 0. The minimum absolute atomic E-state index is 0.282. The molecule has 1 saturated carbocycles. The predicted octanol–water partition coefficient (Wildman–Crippen LogP) is 5.13. The summed E-state index contributed by atoms with van der Waals surface area (Å²) < 4.78 is 33.5. The Morgan fingerprint density at radius 3 is 2.74 bits per heavy atom. The second-order valence-corrected chi connectivity index (χ2v) is 6.73. The maximum Gasteiger partial charge on any atom is 0.333 e. The lowest BCUT2D eigenvalue weighted by Crippen LogP contribution is -2.25. The van der Waals surface area contributed by atoms with Crippen LogP contribution in [0.5, 0.6) is 5.75 Å². The molecular weight excluding hydrogens is 366 g/mol. The van der Waals surface area contributed by atoms with Crippen molar-refractivity contribution in [1.29, 1.82) is 0 Å². The number of aryl methyl sites for hydroxylation is 1. The number of alkyl halides is 2. The van der Waals surface area contributed by atoms with Gasteiger partial charge in [-0.15, -0.1) is 0 Å². The van der Waals surface area contributed by atoms with Gasteiger partial charge in [0, 0.05) is 17.1 Å². The third kappa shape index (κ3) is 3.74. The van der Waals surface area contributed by atoms with E-state index in [2.05, 4.69) is 21.0 Å². The van der Waals surface area contributed by atoms with Crippen molar-refractivity contribution in [2.24, 2.45) is 0 Å². The first kappa shape index (κ1) is 16.4. The van der Waals surface area contributed by atoms with Crippen LogP contribution in [0, 0.1) is 0 Å². The van der Waals surface area contributed by atoms with Gasteiger partial charge in [-0.1, -0.05) is 22.9 Å². The van der Waals surface area contributed by atoms with E-state index in [0.717, 1.165) is 38.9 Å². The minimum Gasteiger partial charge on any atom is -0.490 e. The van der Waals surface area contributed by atoms with E-state index >= 15 is 0 Å². The van der Waals surface area contributed by atoms with Gasteiger partial charge in [0.2, 0.25) is 0 Å². The number of hydrogen-bond acceptors (Lipinski definition) is 2. The van der Waals surface area contributed by atoms with Gasteiger partial charge >= 0.3 is 6.55 Å². The monoisotopic (exact) mass is 384 g/mol. The van der Waals surface area contributed by atoms with Crippen molar-refractivity contribution in [3.05, 3.63) is 45.7 Å². The summed E-state index contributed by atoms with van der Waals surface area (Å²) in [6.45, 7) is -0.684. The molecule has 0 N–H and O–H groups in total.